The van der Waals surface area contributed by atoms with Crippen molar-refractivity contribution in [2.24, 2.45) is 5.41 Å². The number of nitrogens with one attached hydrogen (secondary N) is 1. The molecule has 3 aromatic rings. The van der Waals surface area contributed by atoms with Crippen molar-refractivity contribution in [3.63, 3.8) is 0 Å². The number of hydrogen-bond acceptors (Lipinski definition) is 2. The molecule has 28 heavy (non-hydrogen) atoms. The van der Waals surface area contributed by atoms with Crippen LogP contribution in [0.4, 0.5) is 0 Å². The highest BCUT2D eigenvalue weighted by Crippen LogP contribution is 2.40. The maximum Gasteiger partial charge on any atom is 0.0491 e. The molecule has 0 saturated carbocycles. The zero-order valence-electron chi connectivity index (χ0n) is 17.4. The number of aryl methyl sites for hydroxylation is 1. The van der Waals surface area contributed by atoms with Gasteiger partial charge in [0.25, 0.3) is 0 Å². The monoisotopic (exact) mass is 421 g/mol. The van der Waals surface area contributed by atoms with Crippen molar-refractivity contribution in [1.82, 2.24) is 14.8 Å². The van der Waals surface area contributed by atoms with Crippen LogP contribution in [0.25, 0.3) is 21.8 Å². The maximum atomic E-state index is 3.49. The van der Waals surface area contributed by atoms with Gasteiger partial charge in [0.1, 0.15) is 0 Å². The molecule has 1 aromatic heterocycles. The second-order valence-electron chi connectivity index (χ2n) is 8.59. The molecule has 0 bridgehead atoms. The molecule has 1 aliphatic heterocycles. The van der Waals surface area contributed by atoms with Gasteiger partial charge in [-0.1, -0.05) is 45.0 Å². The quantitative estimate of drug-likeness (QED) is 0.589. The summed E-state index contributed by atoms with van der Waals surface area (Å²) in [4.78, 5) is 2.66. The zero-order valence-corrected chi connectivity index (χ0v) is 19.0. The summed E-state index contributed by atoms with van der Waals surface area (Å²) in [5, 5.41) is 6.26. The molecule has 0 unspecified atom stereocenters. The highest BCUT2D eigenvalue weighted by molar-refractivity contribution is 6.08. The lowest BCUT2D eigenvalue weighted by molar-refractivity contribution is 0.0863. The van der Waals surface area contributed by atoms with E-state index in [0.717, 1.165) is 32.7 Å². The number of fused-ring (bicyclic) bond motifs is 3. The molecular formula is C23H33Cl2N3. The second-order valence-corrected chi connectivity index (χ2v) is 8.59. The average molecular weight is 422 g/mol. The predicted molar refractivity (Wildman–Crippen MR) is 126 cm³/mol. The highest BCUT2D eigenvalue weighted by Gasteiger charge is 2.32. The number of benzene rings is 2. The SMILES string of the molecule is CCn1c2ccccc2c2cc([C@@H](N3CCNCC3)C(C)(C)C)ccc21.Cl.Cl. The first kappa shape index (κ1) is 23.0. The van der Waals surface area contributed by atoms with Gasteiger partial charge in [-0.2, -0.15) is 0 Å². The van der Waals surface area contributed by atoms with E-state index in [2.05, 4.69) is 84.9 Å². The van der Waals surface area contributed by atoms with Crippen molar-refractivity contribution in [2.45, 2.75) is 40.3 Å². The molecule has 0 amide bonds. The lowest BCUT2D eigenvalue weighted by Crippen LogP contribution is -2.48. The summed E-state index contributed by atoms with van der Waals surface area (Å²) in [5.41, 5.74) is 4.35. The summed E-state index contributed by atoms with van der Waals surface area (Å²) in [5.74, 6) is 0. The third-order valence-corrected chi connectivity index (χ3v) is 5.77. The minimum absolute atomic E-state index is 0. The van der Waals surface area contributed by atoms with Crippen LogP contribution in [0.2, 0.25) is 0 Å². The van der Waals surface area contributed by atoms with Crippen LogP contribution in [-0.4, -0.2) is 35.6 Å². The summed E-state index contributed by atoms with van der Waals surface area (Å²) >= 11 is 0. The van der Waals surface area contributed by atoms with Crippen LogP contribution in [0, 0.1) is 5.41 Å². The lowest BCUT2D eigenvalue weighted by Gasteiger charge is -2.42. The average Bonchev–Trinajstić information content (AvgIpc) is 2.95. The second kappa shape index (κ2) is 9.04. The van der Waals surface area contributed by atoms with E-state index in [-0.39, 0.29) is 30.2 Å². The van der Waals surface area contributed by atoms with Crippen molar-refractivity contribution in [1.29, 1.82) is 0 Å². The number of hydrogen-bond donors (Lipinski definition) is 1. The third-order valence-electron chi connectivity index (χ3n) is 5.77. The molecule has 1 saturated heterocycles. The molecular weight excluding hydrogens is 389 g/mol. The summed E-state index contributed by atoms with van der Waals surface area (Å²) < 4.78 is 2.44. The largest absolute Gasteiger partial charge is 0.341 e. The number of aromatic nitrogens is 1. The first-order valence-electron chi connectivity index (χ1n) is 9.96. The Morgan fingerprint density at radius 3 is 2.21 bits per heavy atom. The van der Waals surface area contributed by atoms with Crippen LogP contribution in [0.5, 0.6) is 0 Å². The van der Waals surface area contributed by atoms with E-state index >= 15 is 0 Å². The molecule has 1 N–H and O–H groups in total. The van der Waals surface area contributed by atoms with Gasteiger partial charge in [0.05, 0.1) is 0 Å². The Labute approximate surface area is 181 Å². The van der Waals surface area contributed by atoms with Gasteiger partial charge in [0.15, 0.2) is 0 Å². The summed E-state index contributed by atoms with van der Waals surface area (Å²) in [6.45, 7) is 14.8. The Hall–Kier alpha value is -1.26. The lowest BCUT2D eigenvalue weighted by atomic mass is 9.80. The van der Waals surface area contributed by atoms with Crippen molar-refractivity contribution in [3.8, 4) is 0 Å². The van der Waals surface area contributed by atoms with Gasteiger partial charge in [-0.05, 0) is 36.1 Å². The van der Waals surface area contributed by atoms with Crippen LogP contribution < -0.4 is 5.32 Å². The number of piperazine rings is 1. The molecule has 4 rings (SSSR count). The Morgan fingerprint density at radius 2 is 1.57 bits per heavy atom. The Balaban J connectivity index is 0.00000140. The molecule has 5 heteroatoms. The molecule has 1 aliphatic rings. The summed E-state index contributed by atoms with van der Waals surface area (Å²) in [7, 11) is 0. The predicted octanol–water partition coefficient (Wildman–Crippen LogP) is 5.65. The van der Waals surface area contributed by atoms with E-state index in [4.69, 9.17) is 0 Å². The molecule has 0 radical (unpaired) electrons. The van der Waals surface area contributed by atoms with Gasteiger partial charge < -0.3 is 9.88 Å². The van der Waals surface area contributed by atoms with E-state index in [0.29, 0.717) is 6.04 Å². The molecule has 1 fully saturated rings. The molecule has 0 spiro atoms. The van der Waals surface area contributed by atoms with Crippen molar-refractivity contribution in [2.75, 3.05) is 26.2 Å². The smallest absolute Gasteiger partial charge is 0.0491 e. The minimum atomic E-state index is 0. The van der Waals surface area contributed by atoms with Crippen LogP contribution in [0.3, 0.4) is 0 Å². The molecule has 154 valence electrons. The fourth-order valence-corrected chi connectivity index (χ4v) is 4.78. The Kier molecular flexibility index (Phi) is 7.44. The minimum Gasteiger partial charge on any atom is -0.341 e. The normalized spacial score (nSPS) is 16.6. The number of rotatable bonds is 3. The highest BCUT2D eigenvalue weighted by atomic mass is 35.5. The van der Waals surface area contributed by atoms with Crippen LogP contribution in [0.15, 0.2) is 42.5 Å². The van der Waals surface area contributed by atoms with Gasteiger partial charge in [-0.25, -0.2) is 0 Å². The molecule has 2 heterocycles. The summed E-state index contributed by atoms with van der Waals surface area (Å²) in [6.07, 6.45) is 0. The van der Waals surface area contributed by atoms with Gasteiger partial charge in [0.2, 0.25) is 0 Å². The fraction of sp³-hybridized carbons (Fsp3) is 0.478. The number of halogens is 2. The standard InChI is InChI=1S/C23H31N3.2ClH/c1-5-26-20-9-7-6-8-18(20)19-16-17(10-11-21(19)26)22(23(2,3)4)25-14-12-24-13-15-25;;/h6-11,16,22,24H,5,12-15H2,1-4H3;2*1H/t22-;;/m1../s1. The van der Waals surface area contributed by atoms with Gasteiger partial charge in [-0.15, -0.1) is 24.8 Å². The number of nitrogens with zero attached hydrogens (tertiary/aromatic N) is 2. The van der Waals surface area contributed by atoms with E-state index < -0.39 is 0 Å². The van der Waals surface area contributed by atoms with Crippen molar-refractivity contribution < 1.29 is 0 Å². The van der Waals surface area contributed by atoms with Crippen molar-refractivity contribution >= 4 is 46.6 Å². The maximum absolute atomic E-state index is 3.49. The summed E-state index contributed by atoms with van der Waals surface area (Å²) in [6, 6.07) is 16.4. The fourth-order valence-electron chi connectivity index (χ4n) is 4.78. The van der Waals surface area contributed by atoms with Crippen LogP contribution >= 0.6 is 24.8 Å². The topological polar surface area (TPSA) is 20.2 Å². The molecule has 1 atom stereocenters. The molecule has 3 nitrogen and oxygen atoms in total. The first-order chi connectivity index (χ1) is 12.5. The van der Waals surface area contributed by atoms with Gasteiger partial charge in [-0.3, -0.25) is 4.90 Å². The van der Waals surface area contributed by atoms with Crippen LogP contribution in [0.1, 0.15) is 39.3 Å². The number of para-hydroxylation sites is 1. The molecule has 2 aromatic carbocycles. The Bertz CT molecular complexity index is 921. The van der Waals surface area contributed by atoms with Gasteiger partial charge >= 0.3 is 0 Å². The van der Waals surface area contributed by atoms with E-state index in [1.165, 1.54) is 27.4 Å². The van der Waals surface area contributed by atoms with E-state index in [1.54, 1.807) is 0 Å². The van der Waals surface area contributed by atoms with Crippen molar-refractivity contribution in [3.05, 3.63) is 48.0 Å². The zero-order chi connectivity index (χ0) is 18.3. The third kappa shape index (κ3) is 4.04. The molecule has 0 aliphatic carbocycles. The van der Waals surface area contributed by atoms with Crippen LogP contribution in [-0.2, 0) is 6.54 Å². The van der Waals surface area contributed by atoms with E-state index in [9.17, 15) is 0 Å². The van der Waals surface area contributed by atoms with E-state index in [1.807, 2.05) is 0 Å². The Morgan fingerprint density at radius 1 is 0.929 bits per heavy atom. The first-order valence-corrected chi connectivity index (χ1v) is 9.96. The van der Waals surface area contributed by atoms with Gasteiger partial charge in [0, 0.05) is 60.6 Å².